The summed E-state index contributed by atoms with van der Waals surface area (Å²) < 4.78 is 25.9. The van der Waals surface area contributed by atoms with Crippen LogP contribution in [0.1, 0.15) is 27.7 Å². The maximum Gasteiger partial charge on any atom is 0.494 e. The molecule has 7 heterocycles. The van der Waals surface area contributed by atoms with E-state index >= 15 is 0 Å². The number of halogens is 1. The second-order valence-electron chi connectivity index (χ2n) is 24.8. The zero-order valence-electron chi connectivity index (χ0n) is 51.1. The van der Waals surface area contributed by atoms with Crippen LogP contribution in [0.15, 0.2) is 296 Å². The van der Waals surface area contributed by atoms with E-state index in [-0.39, 0.29) is 18.3 Å². The monoisotopic (exact) mass is 1290 g/mol. The molecule has 0 spiro atoms. The average Bonchev–Trinajstić information content (AvgIpc) is 1.65. The van der Waals surface area contributed by atoms with Gasteiger partial charge in [-0.05, 0) is 166 Å². The molecule has 0 atom stereocenters. The van der Waals surface area contributed by atoms with Gasteiger partial charge in [-0.1, -0.05) is 186 Å². The molecule has 0 amide bonds. The molecule has 18 aromatic rings. The highest BCUT2D eigenvalue weighted by Crippen LogP contribution is 2.46. The molecule has 1 aliphatic rings. The van der Waals surface area contributed by atoms with Crippen LogP contribution in [0.4, 0.5) is 0 Å². The molecule has 0 aliphatic carbocycles. The molecule has 6 nitrogen and oxygen atoms in total. The van der Waals surface area contributed by atoms with E-state index in [0.717, 1.165) is 9.94 Å². The molecule has 6 aromatic heterocycles. The Balaban J connectivity index is 0.000000112. The molecule has 0 radical (unpaired) electrons. The number of nitrogens with zero attached hydrogens (tertiary/aromatic N) is 4. The molecule has 1 aliphatic heterocycles. The van der Waals surface area contributed by atoms with Gasteiger partial charge >= 0.3 is 7.12 Å². The van der Waals surface area contributed by atoms with E-state index in [1.54, 1.807) is 0 Å². The number of hydrogen-bond acceptors (Lipinski definition) is 4. The summed E-state index contributed by atoms with van der Waals surface area (Å²) in [6.45, 7) is 8.40. The summed E-state index contributed by atoms with van der Waals surface area (Å²) in [6, 6.07) is 104. The van der Waals surface area contributed by atoms with Crippen molar-refractivity contribution in [3.05, 3.63) is 296 Å². The first-order chi connectivity index (χ1) is 45.0. The molecule has 1 fully saturated rings. The maximum atomic E-state index is 6.35. The van der Waals surface area contributed by atoms with Gasteiger partial charge in [0.1, 0.15) is 9.66 Å². The van der Waals surface area contributed by atoms with Crippen LogP contribution in [0.3, 0.4) is 0 Å². The Morgan fingerprint density at radius 1 is 0.304 bits per heavy atom. The fraction of sp³-hybridized carbons (Fsp3) is 0.0732. The Labute approximate surface area is 549 Å². The highest BCUT2D eigenvalue weighted by molar-refractivity contribution is 9.10. The molecular weight excluding hydrogens is 1230 g/mol. The largest absolute Gasteiger partial charge is 0.494 e. The minimum Gasteiger partial charge on any atom is -0.399 e. The molecule has 19 rings (SSSR count). The zero-order valence-corrected chi connectivity index (χ0v) is 54.3. The van der Waals surface area contributed by atoms with Gasteiger partial charge in [0.2, 0.25) is 0 Å². The molecule has 442 valence electrons. The number of thiophene rings is 2. The summed E-state index contributed by atoms with van der Waals surface area (Å²) in [7, 11) is -0.366. The Morgan fingerprint density at radius 3 is 1.11 bits per heavy atom. The van der Waals surface area contributed by atoms with E-state index in [9.17, 15) is 0 Å². The Bertz CT molecular complexity index is 5850. The van der Waals surface area contributed by atoms with Gasteiger partial charge in [-0.15, -0.1) is 22.7 Å². The maximum absolute atomic E-state index is 6.35. The zero-order chi connectivity index (χ0) is 61.8. The van der Waals surface area contributed by atoms with Crippen LogP contribution in [-0.4, -0.2) is 36.6 Å². The van der Waals surface area contributed by atoms with Crippen LogP contribution in [0, 0.1) is 0 Å². The third kappa shape index (κ3) is 9.26. The summed E-state index contributed by atoms with van der Waals surface area (Å²) >= 11 is 7.30. The number of hydrogen-bond donors (Lipinski definition) is 0. The van der Waals surface area contributed by atoms with Crippen molar-refractivity contribution >= 4 is 157 Å². The van der Waals surface area contributed by atoms with Crippen LogP contribution in [0.25, 0.3) is 140 Å². The SMILES string of the molecule is Brc1ccc2c(c1)c1ccccc1n2-c1ccccc1.CC1(C)OB(c2ccc3c(c2)c2c4ccccc4sc2n3-c2ccccc2)OC1(C)C.c1ccc(-n2c3ccccc3c3cc(-c4ccc5c(c4)c4c6ccccc6sc4n5-c4ccccc4)ccc32)cc1. The first-order valence-corrected chi connectivity index (χ1v) is 33.7. The van der Waals surface area contributed by atoms with E-state index in [4.69, 9.17) is 9.31 Å². The minimum absolute atomic E-state index is 0.354. The summed E-state index contributed by atoms with van der Waals surface area (Å²) in [4.78, 5) is 2.57. The molecule has 12 aromatic carbocycles. The van der Waals surface area contributed by atoms with Gasteiger partial charge in [-0.2, -0.15) is 0 Å². The standard InChI is InChI=1S/C38H24N2S.C26H24BNO2S.C18H12BrN/c1-3-11-27(12-4-1)39-33-17-9-7-15-29(33)31-23-25(19-21-34(31)39)26-20-22-35-32(24-26)37-30-16-8-10-18-36(30)41-38(37)40(35)28-13-5-2-6-14-28;1-25(2)26(3,4)30-27(29-25)17-14-15-21-20(16-17)23-19-12-8-9-13-22(19)31-24(23)28(21)18-10-6-5-7-11-18;19-13-10-11-18-16(12-13)15-8-4-5-9-17(15)20(18)14-6-2-1-3-7-14/h1-24H;5-16H,1-4H3;1-12H. The predicted octanol–water partition coefficient (Wildman–Crippen LogP) is 22.6. The third-order valence-corrected chi connectivity index (χ3v) is 21.6. The van der Waals surface area contributed by atoms with E-state index < -0.39 is 0 Å². The first kappa shape index (κ1) is 56.2. The van der Waals surface area contributed by atoms with Crippen molar-refractivity contribution in [3.8, 4) is 33.9 Å². The van der Waals surface area contributed by atoms with Gasteiger partial charge in [-0.3, -0.25) is 0 Å². The molecule has 0 bridgehead atoms. The molecule has 1 saturated heterocycles. The number of benzene rings is 12. The Kier molecular flexibility index (Phi) is 13.6. The third-order valence-electron chi connectivity index (χ3n) is 18.8. The summed E-state index contributed by atoms with van der Waals surface area (Å²) in [5.74, 6) is 0. The van der Waals surface area contributed by atoms with Crippen molar-refractivity contribution in [1.29, 1.82) is 0 Å². The van der Waals surface area contributed by atoms with Gasteiger partial charge in [0.25, 0.3) is 0 Å². The van der Waals surface area contributed by atoms with Crippen molar-refractivity contribution in [3.63, 3.8) is 0 Å². The normalized spacial score (nSPS) is 13.8. The van der Waals surface area contributed by atoms with Crippen molar-refractivity contribution < 1.29 is 9.31 Å². The lowest BCUT2D eigenvalue weighted by Gasteiger charge is -2.32. The fourth-order valence-electron chi connectivity index (χ4n) is 13.8. The van der Waals surface area contributed by atoms with Crippen molar-refractivity contribution in [2.45, 2.75) is 38.9 Å². The molecule has 0 unspecified atom stereocenters. The van der Waals surface area contributed by atoms with E-state index in [2.05, 4.69) is 347 Å². The number of aromatic nitrogens is 4. The van der Waals surface area contributed by atoms with Gasteiger partial charge < -0.3 is 27.6 Å². The quantitative estimate of drug-likeness (QED) is 0.156. The fourth-order valence-corrected chi connectivity index (χ4v) is 16.6. The summed E-state index contributed by atoms with van der Waals surface area (Å²) in [5, 5.41) is 12.9. The van der Waals surface area contributed by atoms with E-state index in [1.807, 2.05) is 28.7 Å². The van der Waals surface area contributed by atoms with Gasteiger partial charge in [-0.25, -0.2) is 0 Å². The number of rotatable bonds is 6. The number of fused-ring (bicyclic) bond motifs is 16. The van der Waals surface area contributed by atoms with E-state index in [1.165, 1.54) is 140 Å². The van der Waals surface area contributed by atoms with Crippen LogP contribution >= 0.6 is 38.6 Å². The lowest BCUT2D eigenvalue weighted by atomic mass is 9.78. The van der Waals surface area contributed by atoms with Gasteiger partial charge in [0.05, 0.1) is 44.3 Å². The highest BCUT2D eigenvalue weighted by atomic mass is 79.9. The molecule has 10 heteroatoms. The van der Waals surface area contributed by atoms with Gasteiger partial charge in [0, 0.05) is 90.5 Å². The molecule has 0 saturated carbocycles. The second-order valence-corrected chi connectivity index (χ2v) is 27.7. The van der Waals surface area contributed by atoms with Crippen LogP contribution in [0.2, 0.25) is 0 Å². The molecule has 92 heavy (non-hydrogen) atoms. The lowest BCUT2D eigenvalue weighted by Crippen LogP contribution is -2.41. The van der Waals surface area contributed by atoms with Crippen LogP contribution in [-0.2, 0) is 9.31 Å². The second kappa shape index (κ2) is 22.3. The summed E-state index contributed by atoms with van der Waals surface area (Å²) in [6.07, 6.45) is 0. The predicted molar refractivity (Wildman–Crippen MR) is 396 cm³/mol. The highest BCUT2D eigenvalue weighted by Gasteiger charge is 2.51. The number of para-hydroxylation sites is 6. The topological polar surface area (TPSA) is 38.2 Å². The Hall–Kier alpha value is -9.78. The molecular formula is C82H60BBrN4O2S2. The van der Waals surface area contributed by atoms with Gasteiger partial charge in [0.15, 0.2) is 0 Å². The first-order valence-electron chi connectivity index (χ1n) is 31.3. The van der Waals surface area contributed by atoms with Crippen molar-refractivity contribution in [1.82, 2.24) is 18.3 Å². The van der Waals surface area contributed by atoms with Crippen molar-refractivity contribution in [2.75, 3.05) is 0 Å². The Morgan fingerprint density at radius 2 is 0.641 bits per heavy atom. The lowest BCUT2D eigenvalue weighted by molar-refractivity contribution is 0.00578. The van der Waals surface area contributed by atoms with E-state index in [0.29, 0.717) is 0 Å². The average molecular weight is 1290 g/mol. The van der Waals surface area contributed by atoms with Crippen LogP contribution < -0.4 is 5.46 Å². The minimum atomic E-state index is -0.366. The molecule has 0 N–H and O–H groups in total. The van der Waals surface area contributed by atoms with Crippen LogP contribution in [0.5, 0.6) is 0 Å². The van der Waals surface area contributed by atoms with Crippen molar-refractivity contribution in [2.24, 2.45) is 0 Å². The summed E-state index contributed by atoms with van der Waals surface area (Å²) in [5.41, 5.74) is 15.0. The smallest absolute Gasteiger partial charge is 0.399 e.